The Bertz CT molecular complexity index is 756. The third-order valence-electron chi connectivity index (χ3n) is 4.52. The Kier molecular flexibility index (Phi) is 4.42. The van der Waals surface area contributed by atoms with Gasteiger partial charge < -0.3 is 14.8 Å². The van der Waals surface area contributed by atoms with Gasteiger partial charge in [0.15, 0.2) is 11.5 Å². The minimum atomic E-state index is -0.413. The monoisotopic (exact) mass is 329 g/mol. The van der Waals surface area contributed by atoms with E-state index < -0.39 is 5.82 Å². The first kappa shape index (κ1) is 16.3. The first-order valence-electron chi connectivity index (χ1n) is 7.84. The summed E-state index contributed by atoms with van der Waals surface area (Å²) in [6.45, 7) is 0.512. The van der Waals surface area contributed by atoms with Crippen LogP contribution in [0, 0.1) is 5.82 Å². The summed E-state index contributed by atoms with van der Waals surface area (Å²) in [5.41, 5.74) is 1.36. The molecule has 1 fully saturated rings. The van der Waals surface area contributed by atoms with Gasteiger partial charge in [0.05, 0.1) is 14.2 Å². The van der Waals surface area contributed by atoms with Crippen LogP contribution in [0.5, 0.6) is 11.5 Å². The predicted octanol–water partition coefficient (Wildman–Crippen LogP) is 3.30. The van der Waals surface area contributed by atoms with Gasteiger partial charge in [-0.05, 0) is 48.7 Å². The van der Waals surface area contributed by atoms with E-state index in [4.69, 9.17) is 9.47 Å². The molecule has 4 nitrogen and oxygen atoms in total. The van der Waals surface area contributed by atoms with Crippen molar-refractivity contribution in [2.24, 2.45) is 0 Å². The standard InChI is InChI=1S/C19H20FNO3/c1-23-16-7-6-14(11-17(16)24-2)19(8-9-19)12-21-18(22)13-4-3-5-15(20)10-13/h3-7,10-11H,8-9,12H2,1-2H3,(H,21,22). The average Bonchev–Trinajstić information content (AvgIpc) is 3.40. The molecule has 2 aromatic carbocycles. The van der Waals surface area contributed by atoms with Crippen LogP contribution in [-0.4, -0.2) is 26.7 Å². The summed E-state index contributed by atoms with van der Waals surface area (Å²) in [6, 6.07) is 11.5. The molecule has 1 saturated carbocycles. The van der Waals surface area contributed by atoms with Crippen LogP contribution in [0.2, 0.25) is 0 Å². The van der Waals surface area contributed by atoms with Gasteiger partial charge in [-0.2, -0.15) is 0 Å². The molecule has 126 valence electrons. The third-order valence-corrected chi connectivity index (χ3v) is 4.52. The molecule has 3 rings (SSSR count). The van der Waals surface area contributed by atoms with Gasteiger partial charge in [-0.3, -0.25) is 4.79 Å². The maximum atomic E-state index is 13.2. The van der Waals surface area contributed by atoms with Crippen molar-refractivity contribution in [1.29, 1.82) is 0 Å². The second-order valence-electron chi connectivity index (χ2n) is 6.04. The highest BCUT2D eigenvalue weighted by Gasteiger charge is 2.44. The third kappa shape index (κ3) is 3.20. The number of halogens is 1. The van der Waals surface area contributed by atoms with Crippen LogP contribution in [0.4, 0.5) is 4.39 Å². The molecule has 5 heteroatoms. The molecular formula is C19H20FNO3. The van der Waals surface area contributed by atoms with E-state index >= 15 is 0 Å². The van der Waals surface area contributed by atoms with E-state index in [9.17, 15) is 9.18 Å². The van der Waals surface area contributed by atoms with Crippen molar-refractivity contribution in [2.45, 2.75) is 18.3 Å². The molecule has 0 bridgehead atoms. The molecular weight excluding hydrogens is 309 g/mol. The molecule has 2 aromatic rings. The van der Waals surface area contributed by atoms with Crippen LogP contribution in [0.15, 0.2) is 42.5 Å². The molecule has 0 atom stereocenters. The topological polar surface area (TPSA) is 47.6 Å². The highest BCUT2D eigenvalue weighted by molar-refractivity contribution is 5.94. The fourth-order valence-corrected chi connectivity index (χ4v) is 2.87. The Hall–Kier alpha value is -2.56. The lowest BCUT2D eigenvalue weighted by atomic mass is 9.95. The van der Waals surface area contributed by atoms with Crippen molar-refractivity contribution in [3.8, 4) is 11.5 Å². The van der Waals surface area contributed by atoms with Crippen molar-refractivity contribution >= 4 is 5.91 Å². The number of nitrogens with one attached hydrogen (secondary N) is 1. The van der Waals surface area contributed by atoms with Crippen LogP contribution in [0.1, 0.15) is 28.8 Å². The summed E-state index contributed by atoms with van der Waals surface area (Å²) >= 11 is 0. The second kappa shape index (κ2) is 6.51. The van der Waals surface area contributed by atoms with Gasteiger partial charge >= 0.3 is 0 Å². The molecule has 1 aliphatic carbocycles. The van der Waals surface area contributed by atoms with Crippen LogP contribution < -0.4 is 14.8 Å². The van der Waals surface area contributed by atoms with E-state index in [0.717, 1.165) is 18.4 Å². The number of methoxy groups -OCH3 is 2. The summed E-state index contributed by atoms with van der Waals surface area (Å²) in [6.07, 6.45) is 1.98. The van der Waals surface area contributed by atoms with Gasteiger partial charge in [-0.25, -0.2) is 4.39 Å². The quantitative estimate of drug-likeness (QED) is 0.884. The molecule has 1 N–H and O–H groups in total. The summed E-state index contributed by atoms with van der Waals surface area (Å²) in [7, 11) is 3.20. The molecule has 0 spiro atoms. The van der Waals surface area contributed by atoms with Crippen LogP contribution in [0.3, 0.4) is 0 Å². The lowest BCUT2D eigenvalue weighted by molar-refractivity contribution is 0.0949. The molecule has 24 heavy (non-hydrogen) atoms. The smallest absolute Gasteiger partial charge is 0.251 e. The van der Waals surface area contributed by atoms with Crippen molar-refractivity contribution in [1.82, 2.24) is 5.32 Å². The Balaban J connectivity index is 1.72. The van der Waals surface area contributed by atoms with E-state index in [2.05, 4.69) is 5.32 Å². The lowest BCUT2D eigenvalue weighted by Crippen LogP contribution is -2.32. The summed E-state index contributed by atoms with van der Waals surface area (Å²) in [4.78, 5) is 12.2. The second-order valence-corrected chi connectivity index (χ2v) is 6.04. The van der Waals surface area contributed by atoms with Crippen molar-refractivity contribution < 1.29 is 18.7 Å². The highest BCUT2D eigenvalue weighted by atomic mass is 19.1. The fourth-order valence-electron chi connectivity index (χ4n) is 2.87. The first-order valence-corrected chi connectivity index (χ1v) is 7.84. The molecule has 1 amide bonds. The van der Waals surface area contributed by atoms with E-state index in [1.54, 1.807) is 20.3 Å². The summed E-state index contributed by atoms with van der Waals surface area (Å²) in [5.74, 6) is 0.684. The number of hydrogen-bond acceptors (Lipinski definition) is 3. The van der Waals surface area contributed by atoms with Crippen molar-refractivity contribution in [3.05, 3.63) is 59.4 Å². The van der Waals surface area contributed by atoms with E-state index in [1.165, 1.54) is 18.2 Å². The number of rotatable bonds is 6. The molecule has 0 unspecified atom stereocenters. The molecule has 0 saturated heterocycles. The van der Waals surface area contributed by atoms with Gasteiger partial charge in [-0.1, -0.05) is 12.1 Å². The fraction of sp³-hybridized carbons (Fsp3) is 0.316. The maximum absolute atomic E-state index is 13.2. The first-order chi connectivity index (χ1) is 11.6. The zero-order chi connectivity index (χ0) is 17.2. The Morgan fingerprint density at radius 2 is 1.88 bits per heavy atom. The van der Waals surface area contributed by atoms with Crippen molar-refractivity contribution in [3.63, 3.8) is 0 Å². The maximum Gasteiger partial charge on any atom is 0.251 e. The zero-order valence-corrected chi connectivity index (χ0v) is 13.8. The number of amides is 1. The highest BCUT2D eigenvalue weighted by Crippen LogP contribution is 2.49. The number of hydrogen-bond donors (Lipinski definition) is 1. The molecule has 1 aliphatic rings. The summed E-state index contributed by atoms with van der Waals surface area (Å²) < 4.78 is 23.8. The van der Waals surface area contributed by atoms with Gasteiger partial charge in [0.25, 0.3) is 5.91 Å². The van der Waals surface area contributed by atoms with Crippen LogP contribution in [0.25, 0.3) is 0 Å². The number of ether oxygens (including phenoxy) is 2. The van der Waals surface area contributed by atoms with E-state index in [-0.39, 0.29) is 11.3 Å². The van der Waals surface area contributed by atoms with E-state index in [0.29, 0.717) is 23.6 Å². The van der Waals surface area contributed by atoms with Crippen LogP contribution >= 0.6 is 0 Å². The number of carbonyl (C=O) groups is 1. The minimum absolute atomic E-state index is 0.0808. The molecule has 0 radical (unpaired) electrons. The van der Waals surface area contributed by atoms with Crippen LogP contribution in [-0.2, 0) is 5.41 Å². The Labute approximate surface area is 140 Å². The Morgan fingerprint density at radius 3 is 2.50 bits per heavy atom. The van der Waals surface area contributed by atoms with Gasteiger partial charge in [0.2, 0.25) is 0 Å². The lowest BCUT2D eigenvalue weighted by Gasteiger charge is -2.18. The van der Waals surface area contributed by atoms with Gasteiger partial charge in [-0.15, -0.1) is 0 Å². The largest absolute Gasteiger partial charge is 0.493 e. The zero-order valence-electron chi connectivity index (χ0n) is 13.8. The molecule has 0 aromatic heterocycles. The van der Waals surface area contributed by atoms with Gasteiger partial charge in [0, 0.05) is 17.5 Å². The summed E-state index contributed by atoms with van der Waals surface area (Å²) in [5, 5.41) is 2.92. The molecule has 0 aliphatic heterocycles. The van der Waals surface area contributed by atoms with Gasteiger partial charge in [0.1, 0.15) is 5.82 Å². The average molecular weight is 329 g/mol. The molecule has 0 heterocycles. The number of benzene rings is 2. The minimum Gasteiger partial charge on any atom is -0.493 e. The number of carbonyl (C=O) groups excluding carboxylic acids is 1. The van der Waals surface area contributed by atoms with E-state index in [1.807, 2.05) is 18.2 Å². The normalized spacial score (nSPS) is 14.8. The Morgan fingerprint density at radius 1 is 1.12 bits per heavy atom. The predicted molar refractivity (Wildman–Crippen MR) is 89.2 cm³/mol. The SMILES string of the molecule is COc1ccc(C2(CNC(=O)c3cccc(F)c3)CC2)cc1OC. The van der Waals surface area contributed by atoms with Crippen molar-refractivity contribution in [2.75, 3.05) is 20.8 Å².